The predicted molar refractivity (Wildman–Crippen MR) is 147 cm³/mol. The van der Waals surface area contributed by atoms with Gasteiger partial charge in [0.1, 0.15) is 11.5 Å². The summed E-state index contributed by atoms with van der Waals surface area (Å²) < 4.78 is 10.7. The summed E-state index contributed by atoms with van der Waals surface area (Å²) >= 11 is 13.1. The summed E-state index contributed by atoms with van der Waals surface area (Å²) in [6.07, 6.45) is 0. The van der Waals surface area contributed by atoms with Gasteiger partial charge in [0.05, 0.1) is 35.3 Å². The fraction of sp³-hybridized carbons (Fsp3) is 0.269. The molecule has 0 spiro atoms. The second kappa shape index (κ2) is 10.5. The number of methoxy groups -OCH3 is 2. The molecule has 192 valence electrons. The summed E-state index contributed by atoms with van der Waals surface area (Å²) in [4.78, 5) is 22.3. The van der Waals surface area contributed by atoms with Crippen LogP contribution in [0.3, 0.4) is 0 Å². The maximum atomic E-state index is 13.0. The van der Waals surface area contributed by atoms with Gasteiger partial charge in [-0.25, -0.2) is 4.98 Å². The van der Waals surface area contributed by atoms with Crippen molar-refractivity contribution < 1.29 is 14.3 Å². The largest absolute Gasteiger partial charge is 0.495 e. The molecule has 9 nitrogen and oxygen atoms in total. The molecule has 11 heteroatoms. The number of piperazine rings is 1. The number of nitrogens with one attached hydrogen (secondary N) is 2. The summed E-state index contributed by atoms with van der Waals surface area (Å²) in [5.74, 6) is 0.471. The Hall–Kier alpha value is -3.53. The van der Waals surface area contributed by atoms with E-state index < -0.39 is 0 Å². The lowest BCUT2D eigenvalue weighted by atomic mass is 10.1. The van der Waals surface area contributed by atoms with Crippen molar-refractivity contribution in [3.63, 3.8) is 0 Å². The monoisotopic (exact) mass is 540 g/mol. The molecule has 2 aromatic heterocycles. The lowest BCUT2D eigenvalue weighted by Gasteiger charge is -2.34. The summed E-state index contributed by atoms with van der Waals surface area (Å²) in [6, 6.07) is 12.9. The van der Waals surface area contributed by atoms with Crippen LogP contribution in [-0.2, 0) is 0 Å². The van der Waals surface area contributed by atoms with Crippen molar-refractivity contribution in [2.75, 3.05) is 57.7 Å². The van der Waals surface area contributed by atoms with Gasteiger partial charge in [0.15, 0.2) is 11.3 Å². The van der Waals surface area contributed by atoms with Gasteiger partial charge in [-0.3, -0.25) is 9.89 Å². The van der Waals surface area contributed by atoms with E-state index >= 15 is 0 Å². The fourth-order valence-electron chi connectivity index (χ4n) is 4.34. The van der Waals surface area contributed by atoms with Crippen molar-refractivity contribution >= 4 is 51.5 Å². The van der Waals surface area contributed by atoms with Crippen molar-refractivity contribution in [3.8, 4) is 22.8 Å². The summed E-state index contributed by atoms with van der Waals surface area (Å²) in [5, 5.41) is 11.1. The third-order valence-electron chi connectivity index (χ3n) is 6.46. The lowest BCUT2D eigenvalue weighted by molar-refractivity contribution is 0.102. The van der Waals surface area contributed by atoms with Gasteiger partial charge in [0, 0.05) is 49.2 Å². The highest BCUT2D eigenvalue weighted by atomic mass is 35.5. The molecule has 1 amide bonds. The van der Waals surface area contributed by atoms with Crippen LogP contribution in [0.25, 0.3) is 22.3 Å². The number of fused-ring (bicyclic) bond motifs is 1. The van der Waals surface area contributed by atoms with Gasteiger partial charge < -0.3 is 24.6 Å². The average Bonchev–Trinajstić information content (AvgIpc) is 3.33. The van der Waals surface area contributed by atoms with Crippen LogP contribution < -0.4 is 19.7 Å². The van der Waals surface area contributed by atoms with Crippen molar-refractivity contribution in [1.29, 1.82) is 0 Å². The quantitative estimate of drug-likeness (QED) is 0.357. The van der Waals surface area contributed by atoms with Gasteiger partial charge in [-0.2, -0.15) is 5.10 Å². The van der Waals surface area contributed by atoms with E-state index in [0.29, 0.717) is 49.5 Å². The maximum Gasteiger partial charge on any atom is 0.276 e. The number of halogens is 2. The van der Waals surface area contributed by atoms with Crippen LogP contribution in [0.5, 0.6) is 11.5 Å². The third-order valence-corrected chi connectivity index (χ3v) is 7.21. The Kier molecular flexibility index (Phi) is 7.10. The number of carbonyl (C=O) groups excluding carboxylic acids is 1. The van der Waals surface area contributed by atoms with E-state index in [9.17, 15) is 4.79 Å². The van der Waals surface area contributed by atoms with Crippen molar-refractivity contribution in [3.05, 3.63) is 58.2 Å². The molecule has 0 atom stereocenters. The van der Waals surface area contributed by atoms with Gasteiger partial charge in [-0.05, 0) is 43.4 Å². The van der Waals surface area contributed by atoms with E-state index in [2.05, 4.69) is 37.3 Å². The third kappa shape index (κ3) is 4.90. The summed E-state index contributed by atoms with van der Waals surface area (Å²) in [6.45, 7) is 4.03. The average molecular weight is 541 g/mol. The Morgan fingerprint density at radius 2 is 1.62 bits per heavy atom. The Morgan fingerprint density at radius 1 is 0.973 bits per heavy atom. The molecule has 2 N–H and O–H groups in total. The molecular formula is C26H26Cl2N6O3. The van der Waals surface area contributed by atoms with Gasteiger partial charge in [-0.1, -0.05) is 23.2 Å². The molecule has 0 aliphatic carbocycles. The van der Waals surface area contributed by atoms with Crippen LogP contribution in [0.1, 0.15) is 10.5 Å². The highest BCUT2D eigenvalue weighted by molar-refractivity contribution is 6.41. The topological polar surface area (TPSA) is 95.6 Å². The number of ether oxygens (including phenoxy) is 2. The molecule has 1 fully saturated rings. The first-order valence-corrected chi connectivity index (χ1v) is 12.5. The van der Waals surface area contributed by atoms with Gasteiger partial charge in [0.25, 0.3) is 5.91 Å². The molecule has 1 aliphatic heterocycles. The number of hydrogen-bond donors (Lipinski definition) is 2. The fourth-order valence-corrected chi connectivity index (χ4v) is 5.03. The zero-order valence-electron chi connectivity index (χ0n) is 20.6. The second-order valence-corrected chi connectivity index (χ2v) is 9.50. The Bertz CT molecular complexity index is 1420. The van der Waals surface area contributed by atoms with Crippen LogP contribution >= 0.6 is 23.2 Å². The zero-order chi connectivity index (χ0) is 26.1. The molecule has 1 aliphatic rings. The van der Waals surface area contributed by atoms with Gasteiger partial charge in [-0.15, -0.1) is 0 Å². The van der Waals surface area contributed by atoms with Crippen LogP contribution in [-0.4, -0.2) is 73.4 Å². The highest BCUT2D eigenvalue weighted by Gasteiger charge is 2.22. The molecule has 0 saturated carbocycles. The number of nitrogens with zero attached hydrogens (tertiary/aromatic N) is 4. The number of pyridine rings is 1. The SMILES string of the molecule is COc1cc(OC)c(Cl)c(-c2ccc3c(C(=O)Nc4ccc(N5CCN(C)CC5)cc4)n[nH]c3n2)c1Cl. The lowest BCUT2D eigenvalue weighted by Crippen LogP contribution is -2.44. The molecule has 2 aromatic carbocycles. The van der Waals surface area contributed by atoms with E-state index in [1.54, 1.807) is 18.2 Å². The molecule has 37 heavy (non-hydrogen) atoms. The molecule has 3 heterocycles. The molecule has 4 aromatic rings. The van der Waals surface area contributed by atoms with Crippen molar-refractivity contribution in [2.45, 2.75) is 0 Å². The molecular weight excluding hydrogens is 515 g/mol. The van der Waals surface area contributed by atoms with Crippen molar-refractivity contribution in [2.24, 2.45) is 0 Å². The van der Waals surface area contributed by atoms with Crippen molar-refractivity contribution in [1.82, 2.24) is 20.1 Å². The number of carbonyl (C=O) groups is 1. The van der Waals surface area contributed by atoms with Gasteiger partial charge in [0.2, 0.25) is 0 Å². The molecule has 0 bridgehead atoms. The standard InChI is InChI=1S/C26H26Cl2N6O3/c1-33-10-12-34(13-11-33)16-6-4-15(5-7-16)29-26(35)24-17-8-9-18(30-25(17)32-31-24)21-22(27)19(36-2)14-20(37-3)23(21)28/h4-9,14H,10-13H2,1-3H3,(H,29,35)(H,30,31,32). The van der Waals surface area contributed by atoms with E-state index in [1.165, 1.54) is 14.2 Å². The number of H-pyrrole nitrogens is 1. The molecule has 1 saturated heterocycles. The van der Waals surface area contributed by atoms with E-state index in [0.717, 1.165) is 31.9 Å². The number of likely N-dealkylation sites (N-methyl/N-ethyl adjacent to an activating group) is 1. The number of aromatic amines is 1. The Morgan fingerprint density at radius 3 is 2.24 bits per heavy atom. The van der Waals surface area contributed by atoms with Gasteiger partial charge >= 0.3 is 0 Å². The Balaban J connectivity index is 1.38. The minimum Gasteiger partial charge on any atom is -0.495 e. The first-order chi connectivity index (χ1) is 17.9. The predicted octanol–water partition coefficient (Wildman–Crippen LogP) is 4.95. The molecule has 0 radical (unpaired) electrons. The normalized spacial score (nSPS) is 14.1. The van der Waals surface area contributed by atoms with Crippen LogP contribution in [0.4, 0.5) is 11.4 Å². The second-order valence-electron chi connectivity index (χ2n) is 8.74. The minimum atomic E-state index is -0.340. The van der Waals surface area contributed by atoms with Crippen LogP contribution in [0, 0.1) is 0 Å². The first kappa shape index (κ1) is 25.1. The number of rotatable bonds is 6. The highest BCUT2D eigenvalue weighted by Crippen LogP contribution is 2.45. The molecule has 5 rings (SSSR count). The minimum absolute atomic E-state index is 0.234. The number of hydrogen-bond acceptors (Lipinski definition) is 7. The smallest absolute Gasteiger partial charge is 0.276 e. The number of aromatic nitrogens is 3. The van der Waals surface area contributed by atoms with E-state index in [4.69, 9.17) is 32.7 Å². The first-order valence-electron chi connectivity index (χ1n) is 11.7. The van der Waals surface area contributed by atoms with Crippen LogP contribution in [0.2, 0.25) is 10.0 Å². The maximum absolute atomic E-state index is 13.0. The molecule has 0 unspecified atom stereocenters. The zero-order valence-corrected chi connectivity index (χ0v) is 22.2. The van der Waals surface area contributed by atoms with E-state index in [1.807, 2.05) is 24.3 Å². The number of anilines is 2. The summed E-state index contributed by atoms with van der Waals surface area (Å²) in [7, 11) is 5.15. The summed E-state index contributed by atoms with van der Waals surface area (Å²) in [5.41, 5.74) is 3.42. The Labute approximate surface area is 224 Å². The van der Waals surface area contributed by atoms with Crippen LogP contribution in [0.15, 0.2) is 42.5 Å². The number of amides is 1. The van der Waals surface area contributed by atoms with E-state index in [-0.39, 0.29) is 11.6 Å². The number of benzene rings is 2.